The van der Waals surface area contributed by atoms with Crippen LogP contribution in [0.15, 0.2) is 55.1 Å². The van der Waals surface area contributed by atoms with Gasteiger partial charge in [0.05, 0.1) is 44.3 Å². The number of halogens is 2. The highest BCUT2D eigenvalue weighted by Gasteiger charge is 2.44. The topological polar surface area (TPSA) is 109 Å². The SMILES string of the molecule is C=CC(=O)Nc1cc(N2CC(F)(F)C2)ccc1C(=O)Nc1cc(CCc2cc(OC)cc(OC)c2)n[nH]1. The van der Waals surface area contributed by atoms with Gasteiger partial charge in [0.15, 0.2) is 0 Å². The van der Waals surface area contributed by atoms with Crippen molar-refractivity contribution >= 4 is 29.0 Å². The Bertz CT molecular complexity index is 1290. The lowest BCUT2D eigenvalue weighted by atomic mass is 10.1. The van der Waals surface area contributed by atoms with Gasteiger partial charge in [0, 0.05) is 17.8 Å². The van der Waals surface area contributed by atoms with E-state index in [0.717, 1.165) is 17.3 Å². The molecule has 194 valence electrons. The molecule has 3 aromatic rings. The number of carbonyl (C=O) groups excluding carboxylic acids is 2. The fourth-order valence-corrected chi connectivity index (χ4v) is 3.94. The average Bonchev–Trinajstić information content (AvgIpc) is 3.32. The van der Waals surface area contributed by atoms with Crippen LogP contribution in [0.1, 0.15) is 21.6 Å². The molecule has 0 spiro atoms. The van der Waals surface area contributed by atoms with Crippen molar-refractivity contribution in [2.75, 3.05) is 42.8 Å². The van der Waals surface area contributed by atoms with Crippen molar-refractivity contribution in [3.05, 3.63) is 71.9 Å². The number of aryl methyl sites for hydroxylation is 2. The number of nitrogens with one attached hydrogen (secondary N) is 3. The molecule has 0 saturated carbocycles. The molecule has 2 aromatic carbocycles. The summed E-state index contributed by atoms with van der Waals surface area (Å²) in [5, 5.41) is 12.3. The molecule has 11 heteroatoms. The Balaban J connectivity index is 1.44. The van der Waals surface area contributed by atoms with Crippen molar-refractivity contribution in [2.24, 2.45) is 0 Å². The molecule has 1 fully saturated rings. The highest BCUT2D eigenvalue weighted by molar-refractivity contribution is 6.11. The number of H-pyrrole nitrogens is 1. The zero-order valence-corrected chi connectivity index (χ0v) is 20.4. The van der Waals surface area contributed by atoms with Gasteiger partial charge in [-0.3, -0.25) is 14.7 Å². The van der Waals surface area contributed by atoms with Crippen molar-refractivity contribution in [3.8, 4) is 11.5 Å². The van der Waals surface area contributed by atoms with Gasteiger partial charge in [-0.2, -0.15) is 5.10 Å². The van der Waals surface area contributed by atoms with Crippen molar-refractivity contribution < 1.29 is 27.8 Å². The van der Waals surface area contributed by atoms with Gasteiger partial charge in [0.1, 0.15) is 17.3 Å². The van der Waals surface area contributed by atoms with E-state index in [4.69, 9.17) is 9.47 Å². The zero-order valence-electron chi connectivity index (χ0n) is 20.4. The van der Waals surface area contributed by atoms with Gasteiger partial charge in [0.2, 0.25) is 5.91 Å². The third kappa shape index (κ3) is 6.24. The summed E-state index contributed by atoms with van der Waals surface area (Å²) >= 11 is 0. The summed E-state index contributed by atoms with van der Waals surface area (Å²) in [6, 6.07) is 11.9. The molecular formula is C26H27F2N5O4. The van der Waals surface area contributed by atoms with E-state index >= 15 is 0 Å². The largest absolute Gasteiger partial charge is 0.497 e. The number of carbonyl (C=O) groups is 2. The quantitative estimate of drug-likeness (QED) is 0.355. The summed E-state index contributed by atoms with van der Waals surface area (Å²) in [5.74, 6) is -2.03. The lowest BCUT2D eigenvalue weighted by Crippen LogP contribution is -2.56. The lowest BCUT2D eigenvalue weighted by molar-refractivity contribution is -0.111. The van der Waals surface area contributed by atoms with Gasteiger partial charge in [-0.05, 0) is 54.8 Å². The molecule has 4 rings (SSSR count). The number of anilines is 3. The lowest BCUT2D eigenvalue weighted by Gasteiger charge is -2.40. The number of alkyl halides is 2. The van der Waals surface area contributed by atoms with Crippen LogP contribution in [0, 0.1) is 0 Å². The van der Waals surface area contributed by atoms with Gasteiger partial charge >= 0.3 is 0 Å². The number of hydrogen-bond acceptors (Lipinski definition) is 6. The normalized spacial score (nSPS) is 13.9. The second-order valence-electron chi connectivity index (χ2n) is 8.58. The maximum atomic E-state index is 13.3. The van der Waals surface area contributed by atoms with Crippen LogP contribution in [-0.2, 0) is 17.6 Å². The number of ether oxygens (including phenoxy) is 2. The van der Waals surface area contributed by atoms with E-state index in [1.165, 1.54) is 17.0 Å². The molecule has 0 bridgehead atoms. The Kier molecular flexibility index (Phi) is 7.42. The van der Waals surface area contributed by atoms with Crippen LogP contribution in [0.4, 0.5) is 26.0 Å². The number of aromatic amines is 1. The molecule has 3 N–H and O–H groups in total. The van der Waals surface area contributed by atoms with E-state index in [1.54, 1.807) is 32.4 Å². The van der Waals surface area contributed by atoms with E-state index in [9.17, 15) is 18.4 Å². The van der Waals surface area contributed by atoms with Gasteiger partial charge < -0.3 is 25.0 Å². The maximum absolute atomic E-state index is 13.3. The van der Waals surface area contributed by atoms with E-state index in [2.05, 4.69) is 27.4 Å². The highest BCUT2D eigenvalue weighted by atomic mass is 19.3. The van der Waals surface area contributed by atoms with Gasteiger partial charge in [-0.25, -0.2) is 8.78 Å². The zero-order chi connectivity index (χ0) is 26.6. The molecule has 9 nitrogen and oxygen atoms in total. The predicted octanol–water partition coefficient (Wildman–Crippen LogP) is 4.04. The molecule has 0 radical (unpaired) electrons. The minimum atomic E-state index is -2.75. The Hall–Kier alpha value is -4.41. The summed E-state index contributed by atoms with van der Waals surface area (Å²) in [7, 11) is 3.18. The maximum Gasteiger partial charge on any atom is 0.282 e. The second kappa shape index (κ2) is 10.7. The third-order valence-corrected chi connectivity index (χ3v) is 5.86. The number of aromatic nitrogens is 2. The van der Waals surface area contributed by atoms with E-state index in [-0.39, 0.29) is 11.3 Å². The van der Waals surface area contributed by atoms with Crippen LogP contribution in [0.25, 0.3) is 0 Å². The minimum absolute atomic E-state index is 0.158. The summed E-state index contributed by atoms with van der Waals surface area (Å²) in [6.07, 6.45) is 2.32. The molecule has 0 atom stereocenters. The molecule has 1 aromatic heterocycles. The summed E-state index contributed by atoms with van der Waals surface area (Å²) < 4.78 is 37.2. The molecule has 0 aliphatic carbocycles. The molecule has 2 amide bonds. The van der Waals surface area contributed by atoms with E-state index < -0.39 is 30.8 Å². The minimum Gasteiger partial charge on any atom is -0.497 e. The second-order valence-corrected chi connectivity index (χ2v) is 8.58. The van der Waals surface area contributed by atoms with E-state index in [0.29, 0.717) is 35.8 Å². The number of benzene rings is 2. The molecule has 0 unspecified atom stereocenters. The molecule has 2 heterocycles. The Labute approximate surface area is 212 Å². The number of amides is 2. The average molecular weight is 512 g/mol. The first-order valence-corrected chi connectivity index (χ1v) is 11.5. The molecule has 1 saturated heterocycles. The van der Waals surface area contributed by atoms with Crippen LogP contribution in [0.5, 0.6) is 11.5 Å². The van der Waals surface area contributed by atoms with Crippen molar-refractivity contribution in [1.29, 1.82) is 0 Å². The Morgan fingerprint density at radius 1 is 1.08 bits per heavy atom. The van der Waals surface area contributed by atoms with Crippen LogP contribution in [-0.4, -0.2) is 55.2 Å². The van der Waals surface area contributed by atoms with E-state index in [1.807, 2.05) is 12.1 Å². The highest BCUT2D eigenvalue weighted by Crippen LogP contribution is 2.34. The number of hydrogen-bond donors (Lipinski definition) is 3. The first-order valence-electron chi connectivity index (χ1n) is 11.5. The van der Waals surface area contributed by atoms with Gasteiger partial charge in [0.25, 0.3) is 11.8 Å². The molecular weight excluding hydrogens is 484 g/mol. The summed E-state index contributed by atoms with van der Waals surface area (Å²) in [4.78, 5) is 26.4. The summed E-state index contributed by atoms with van der Waals surface area (Å²) in [5.41, 5.74) is 2.55. The first-order chi connectivity index (χ1) is 17.7. The van der Waals surface area contributed by atoms with Gasteiger partial charge in [-0.15, -0.1) is 0 Å². The smallest absolute Gasteiger partial charge is 0.282 e. The van der Waals surface area contributed by atoms with Crippen LogP contribution >= 0.6 is 0 Å². The van der Waals surface area contributed by atoms with Crippen molar-refractivity contribution in [2.45, 2.75) is 18.8 Å². The van der Waals surface area contributed by atoms with Crippen LogP contribution in [0.3, 0.4) is 0 Å². The third-order valence-electron chi connectivity index (χ3n) is 5.86. The van der Waals surface area contributed by atoms with Crippen molar-refractivity contribution in [3.63, 3.8) is 0 Å². The number of nitrogens with zero attached hydrogens (tertiary/aromatic N) is 2. The van der Waals surface area contributed by atoms with Crippen molar-refractivity contribution in [1.82, 2.24) is 10.2 Å². The number of rotatable bonds is 10. The number of methoxy groups -OCH3 is 2. The Morgan fingerprint density at radius 2 is 1.78 bits per heavy atom. The first kappa shape index (κ1) is 25.7. The monoisotopic (exact) mass is 511 g/mol. The molecule has 1 aliphatic heterocycles. The molecule has 1 aliphatic rings. The fourth-order valence-electron chi connectivity index (χ4n) is 3.94. The Morgan fingerprint density at radius 3 is 2.41 bits per heavy atom. The molecule has 37 heavy (non-hydrogen) atoms. The standard InChI is InChI=1S/C26H27F2N5O4/c1-4-24(34)29-22-12-18(33-14-26(27,28)15-33)7-8-21(22)25(35)30-23-11-17(31-32-23)6-5-16-9-19(36-2)13-20(10-16)37-3/h4,7-13H,1,5-6,14-15H2,2-3H3,(H,29,34)(H2,30,31,32,35). The van der Waals surface area contributed by atoms with Gasteiger partial charge in [-0.1, -0.05) is 6.58 Å². The van der Waals surface area contributed by atoms with Crippen LogP contribution < -0.4 is 25.0 Å². The fraction of sp³-hybridized carbons (Fsp3) is 0.269. The summed E-state index contributed by atoms with van der Waals surface area (Å²) in [6.45, 7) is 2.57. The predicted molar refractivity (Wildman–Crippen MR) is 136 cm³/mol. The van der Waals surface area contributed by atoms with Crippen LogP contribution in [0.2, 0.25) is 0 Å².